The zero-order valence-electron chi connectivity index (χ0n) is 12.2. The number of rotatable bonds is 5. The van der Waals surface area contributed by atoms with E-state index in [9.17, 15) is 9.18 Å². The molecular weight excluding hydrogens is 271 g/mol. The summed E-state index contributed by atoms with van der Waals surface area (Å²) in [5, 5.41) is 0. The zero-order chi connectivity index (χ0) is 15.4. The van der Waals surface area contributed by atoms with Crippen LogP contribution in [0, 0.1) is 5.82 Å². The molecule has 0 heterocycles. The van der Waals surface area contributed by atoms with Gasteiger partial charge in [-0.05, 0) is 38.1 Å². The fourth-order valence-electron chi connectivity index (χ4n) is 2.04. The number of carbonyl (C=O) groups excluding carboxylic acids is 1. The molecule has 0 atom stereocenters. The van der Waals surface area contributed by atoms with Crippen LogP contribution in [0.3, 0.4) is 0 Å². The van der Waals surface area contributed by atoms with E-state index >= 15 is 0 Å². The summed E-state index contributed by atoms with van der Waals surface area (Å²) < 4.78 is 24.7. The standard InChI is InChI=1S/C17H17FO3/c1-11(2)21-14-9-5-4-7-12(14)17(19)16-13(18)8-6-10-15(16)20-3/h4-11H,1-3H3. The van der Waals surface area contributed by atoms with Crippen molar-refractivity contribution in [1.29, 1.82) is 0 Å². The summed E-state index contributed by atoms with van der Waals surface area (Å²) >= 11 is 0. The third kappa shape index (κ3) is 3.21. The van der Waals surface area contributed by atoms with Gasteiger partial charge in [0.1, 0.15) is 22.9 Å². The molecular formula is C17H17FO3. The number of ketones is 1. The molecule has 0 fully saturated rings. The Kier molecular flexibility index (Phi) is 4.58. The van der Waals surface area contributed by atoms with Gasteiger partial charge in [-0.1, -0.05) is 18.2 Å². The minimum atomic E-state index is -0.612. The van der Waals surface area contributed by atoms with Gasteiger partial charge >= 0.3 is 0 Å². The van der Waals surface area contributed by atoms with Crippen LogP contribution < -0.4 is 9.47 Å². The number of benzene rings is 2. The monoisotopic (exact) mass is 288 g/mol. The van der Waals surface area contributed by atoms with Crippen molar-refractivity contribution in [3.63, 3.8) is 0 Å². The second-order valence-corrected chi connectivity index (χ2v) is 4.81. The van der Waals surface area contributed by atoms with Crippen LogP contribution in [0.1, 0.15) is 29.8 Å². The van der Waals surface area contributed by atoms with Crippen LogP contribution in [0.2, 0.25) is 0 Å². The smallest absolute Gasteiger partial charge is 0.203 e. The van der Waals surface area contributed by atoms with Gasteiger partial charge in [0.2, 0.25) is 5.78 Å². The Labute approximate surface area is 123 Å². The molecule has 3 nitrogen and oxygen atoms in total. The minimum absolute atomic E-state index is 0.0820. The van der Waals surface area contributed by atoms with Crippen LogP contribution in [-0.2, 0) is 0 Å². The van der Waals surface area contributed by atoms with E-state index in [-0.39, 0.29) is 17.4 Å². The van der Waals surface area contributed by atoms with Gasteiger partial charge in [-0.2, -0.15) is 0 Å². The maximum atomic E-state index is 14.0. The summed E-state index contributed by atoms with van der Waals surface area (Å²) in [6.07, 6.45) is -0.0820. The molecule has 0 aliphatic rings. The topological polar surface area (TPSA) is 35.5 Å². The summed E-state index contributed by atoms with van der Waals surface area (Å²) in [6.45, 7) is 3.73. The van der Waals surface area contributed by atoms with Crippen molar-refractivity contribution in [2.75, 3.05) is 7.11 Å². The fraction of sp³-hybridized carbons (Fsp3) is 0.235. The van der Waals surface area contributed by atoms with Crippen LogP contribution in [0.25, 0.3) is 0 Å². The Morgan fingerprint density at radius 3 is 2.38 bits per heavy atom. The third-order valence-electron chi connectivity index (χ3n) is 2.92. The number of methoxy groups -OCH3 is 1. The zero-order valence-corrected chi connectivity index (χ0v) is 12.2. The molecule has 0 aliphatic heterocycles. The van der Waals surface area contributed by atoms with E-state index in [2.05, 4.69) is 0 Å². The first-order chi connectivity index (χ1) is 10.0. The summed E-state index contributed by atoms with van der Waals surface area (Å²) in [5.41, 5.74) is 0.231. The molecule has 4 heteroatoms. The van der Waals surface area contributed by atoms with E-state index in [1.165, 1.54) is 19.2 Å². The Morgan fingerprint density at radius 1 is 1.05 bits per heavy atom. The van der Waals surface area contributed by atoms with Gasteiger partial charge in [-0.3, -0.25) is 4.79 Å². The molecule has 0 aromatic heterocycles. The Morgan fingerprint density at radius 2 is 1.71 bits per heavy atom. The summed E-state index contributed by atoms with van der Waals surface area (Å²) in [7, 11) is 1.40. The first-order valence-electron chi connectivity index (χ1n) is 6.67. The molecule has 110 valence electrons. The number of para-hydroxylation sites is 1. The quantitative estimate of drug-likeness (QED) is 0.784. The largest absolute Gasteiger partial charge is 0.496 e. The molecule has 0 saturated carbocycles. The van der Waals surface area contributed by atoms with Crippen LogP contribution >= 0.6 is 0 Å². The molecule has 0 bridgehead atoms. The lowest BCUT2D eigenvalue weighted by molar-refractivity contribution is 0.102. The highest BCUT2D eigenvalue weighted by Crippen LogP contribution is 2.28. The fourth-order valence-corrected chi connectivity index (χ4v) is 2.04. The van der Waals surface area contributed by atoms with E-state index in [0.29, 0.717) is 11.3 Å². The number of halogens is 1. The Bertz CT molecular complexity index is 650. The van der Waals surface area contributed by atoms with Gasteiger partial charge < -0.3 is 9.47 Å². The molecule has 2 rings (SSSR count). The summed E-state index contributed by atoms with van der Waals surface area (Å²) in [4.78, 5) is 12.6. The average Bonchev–Trinajstić information content (AvgIpc) is 2.46. The van der Waals surface area contributed by atoms with Crippen LogP contribution in [0.4, 0.5) is 4.39 Å². The molecule has 0 N–H and O–H groups in total. The van der Waals surface area contributed by atoms with E-state index in [4.69, 9.17) is 9.47 Å². The highest BCUT2D eigenvalue weighted by Gasteiger charge is 2.22. The summed E-state index contributed by atoms with van der Waals surface area (Å²) in [5.74, 6) is -0.429. The molecule has 0 radical (unpaired) electrons. The van der Waals surface area contributed by atoms with Crippen LogP contribution in [0.5, 0.6) is 11.5 Å². The highest BCUT2D eigenvalue weighted by molar-refractivity contribution is 6.12. The molecule has 0 amide bonds. The summed E-state index contributed by atoms with van der Waals surface area (Å²) in [6, 6.07) is 11.1. The van der Waals surface area contributed by atoms with E-state index in [1.807, 2.05) is 13.8 Å². The lowest BCUT2D eigenvalue weighted by atomic mass is 10.0. The van der Waals surface area contributed by atoms with Gasteiger partial charge in [0.15, 0.2) is 0 Å². The third-order valence-corrected chi connectivity index (χ3v) is 2.92. The first kappa shape index (κ1) is 15.0. The second-order valence-electron chi connectivity index (χ2n) is 4.81. The van der Waals surface area contributed by atoms with Crippen molar-refractivity contribution >= 4 is 5.78 Å². The molecule has 0 unspecified atom stereocenters. The number of hydrogen-bond acceptors (Lipinski definition) is 3. The number of ether oxygens (including phenoxy) is 2. The van der Waals surface area contributed by atoms with Crippen LogP contribution in [-0.4, -0.2) is 19.0 Å². The average molecular weight is 288 g/mol. The van der Waals surface area contributed by atoms with E-state index < -0.39 is 11.6 Å². The van der Waals surface area contributed by atoms with E-state index in [0.717, 1.165) is 0 Å². The van der Waals surface area contributed by atoms with Crippen molar-refractivity contribution < 1.29 is 18.7 Å². The molecule has 0 aliphatic carbocycles. The molecule has 0 spiro atoms. The van der Waals surface area contributed by atoms with Gasteiger partial charge in [-0.15, -0.1) is 0 Å². The van der Waals surface area contributed by atoms with Gasteiger partial charge in [0, 0.05) is 0 Å². The van der Waals surface area contributed by atoms with Crippen molar-refractivity contribution in [1.82, 2.24) is 0 Å². The molecule has 2 aromatic carbocycles. The van der Waals surface area contributed by atoms with E-state index in [1.54, 1.807) is 30.3 Å². The van der Waals surface area contributed by atoms with Crippen LogP contribution in [0.15, 0.2) is 42.5 Å². The van der Waals surface area contributed by atoms with Crippen molar-refractivity contribution in [3.8, 4) is 11.5 Å². The van der Waals surface area contributed by atoms with Crippen molar-refractivity contribution in [2.45, 2.75) is 20.0 Å². The number of carbonyl (C=O) groups is 1. The maximum absolute atomic E-state index is 14.0. The van der Waals surface area contributed by atoms with Gasteiger partial charge in [0.05, 0.1) is 18.8 Å². The second kappa shape index (κ2) is 6.39. The van der Waals surface area contributed by atoms with Crippen molar-refractivity contribution in [2.24, 2.45) is 0 Å². The lowest BCUT2D eigenvalue weighted by Crippen LogP contribution is -2.12. The highest BCUT2D eigenvalue weighted by atomic mass is 19.1. The van der Waals surface area contributed by atoms with Gasteiger partial charge in [-0.25, -0.2) is 4.39 Å². The normalized spacial score (nSPS) is 10.5. The predicted octanol–water partition coefficient (Wildman–Crippen LogP) is 3.85. The predicted molar refractivity (Wildman–Crippen MR) is 78.6 cm³/mol. The first-order valence-corrected chi connectivity index (χ1v) is 6.67. The lowest BCUT2D eigenvalue weighted by Gasteiger charge is -2.14. The molecule has 21 heavy (non-hydrogen) atoms. The number of hydrogen-bond donors (Lipinski definition) is 0. The van der Waals surface area contributed by atoms with Gasteiger partial charge in [0.25, 0.3) is 0 Å². The Balaban J connectivity index is 2.51. The molecule has 0 saturated heterocycles. The SMILES string of the molecule is COc1cccc(F)c1C(=O)c1ccccc1OC(C)C. The Hall–Kier alpha value is -2.36. The van der Waals surface area contributed by atoms with Crippen molar-refractivity contribution in [3.05, 3.63) is 59.4 Å². The molecule has 2 aromatic rings. The maximum Gasteiger partial charge on any atom is 0.203 e. The minimum Gasteiger partial charge on any atom is -0.496 e.